The Bertz CT molecular complexity index is 367. The Hall–Kier alpha value is -1.46. The predicted molar refractivity (Wildman–Crippen MR) is 56.6 cm³/mol. The third-order valence-electron chi connectivity index (χ3n) is 2.21. The van der Waals surface area contributed by atoms with Gasteiger partial charge in [-0.2, -0.15) is 0 Å². The molecule has 5 heteroatoms. The van der Waals surface area contributed by atoms with Gasteiger partial charge in [-0.05, 0) is 24.6 Å². The van der Waals surface area contributed by atoms with Gasteiger partial charge in [0.05, 0.1) is 25.3 Å². The molecule has 2 N–H and O–H groups in total. The van der Waals surface area contributed by atoms with Crippen molar-refractivity contribution in [1.82, 2.24) is 4.98 Å². The molecule has 1 heterocycles. The molecule has 5 nitrogen and oxygen atoms in total. The van der Waals surface area contributed by atoms with Crippen molar-refractivity contribution in [2.75, 3.05) is 7.11 Å². The second-order valence-electron chi connectivity index (χ2n) is 3.55. The summed E-state index contributed by atoms with van der Waals surface area (Å²) >= 11 is 0. The largest absolute Gasteiger partial charge is 0.469 e. The minimum Gasteiger partial charge on any atom is -0.469 e. The fraction of sp³-hybridized carbons (Fsp3) is 0.455. The van der Waals surface area contributed by atoms with Crippen LogP contribution < -0.4 is 0 Å². The zero-order chi connectivity index (χ0) is 12.1. The molecule has 1 aromatic rings. The van der Waals surface area contributed by atoms with Crippen LogP contribution in [0, 0.1) is 6.92 Å². The number of hydrogen-bond acceptors (Lipinski definition) is 5. The van der Waals surface area contributed by atoms with Gasteiger partial charge in [0.25, 0.3) is 0 Å². The molecule has 2 atom stereocenters. The molecule has 0 saturated heterocycles. The van der Waals surface area contributed by atoms with Crippen LogP contribution in [0.3, 0.4) is 0 Å². The maximum Gasteiger partial charge on any atom is 0.308 e. The number of aliphatic hydroxyl groups is 2. The van der Waals surface area contributed by atoms with Crippen molar-refractivity contribution in [2.24, 2.45) is 0 Å². The Labute approximate surface area is 93.7 Å². The van der Waals surface area contributed by atoms with Crippen molar-refractivity contribution in [2.45, 2.75) is 25.6 Å². The van der Waals surface area contributed by atoms with Gasteiger partial charge < -0.3 is 14.9 Å². The van der Waals surface area contributed by atoms with Crippen LogP contribution in [0.25, 0.3) is 0 Å². The number of ether oxygens (including phenoxy) is 1. The Morgan fingerprint density at radius 3 is 2.81 bits per heavy atom. The first kappa shape index (κ1) is 12.6. The topological polar surface area (TPSA) is 79.7 Å². The van der Waals surface area contributed by atoms with Crippen molar-refractivity contribution >= 4 is 5.97 Å². The number of rotatable bonds is 4. The molecular formula is C11H15NO4. The number of pyridine rings is 1. The van der Waals surface area contributed by atoms with E-state index in [1.807, 2.05) is 6.92 Å². The third kappa shape index (κ3) is 3.29. The number of aliphatic hydroxyl groups excluding tert-OH is 2. The van der Waals surface area contributed by atoms with Crippen molar-refractivity contribution in [1.29, 1.82) is 0 Å². The zero-order valence-corrected chi connectivity index (χ0v) is 9.25. The molecule has 0 amide bonds. The van der Waals surface area contributed by atoms with Gasteiger partial charge in [-0.25, -0.2) is 0 Å². The lowest BCUT2D eigenvalue weighted by Crippen LogP contribution is -2.23. The highest BCUT2D eigenvalue weighted by Gasteiger charge is 2.22. The molecule has 1 aromatic heterocycles. The van der Waals surface area contributed by atoms with Crippen molar-refractivity contribution in [3.8, 4) is 0 Å². The van der Waals surface area contributed by atoms with Gasteiger partial charge in [-0.15, -0.1) is 0 Å². The van der Waals surface area contributed by atoms with Crippen molar-refractivity contribution in [3.05, 3.63) is 29.6 Å². The van der Waals surface area contributed by atoms with Gasteiger partial charge in [0, 0.05) is 6.20 Å². The second-order valence-corrected chi connectivity index (χ2v) is 3.55. The van der Waals surface area contributed by atoms with Crippen molar-refractivity contribution < 1.29 is 19.7 Å². The predicted octanol–water partition coefficient (Wildman–Crippen LogP) is 0.347. The first-order valence-electron chi connectivity index (χ1n) is 4.90. The van der Waals surface area contributed by atoms with E-state index in [2.05, 4.69) is 9.72 Å². The monoisotopic (exact) mass is 225 g/mol. The van der Waals surface area contributed by atoms with E-state index in [9.17, 15) is 15.0 Å². The quantitative estimate of drug-likeness (QED) is 0.723. The Morgan fingerprint density at radius 1 is 1.56 bits per heavy atom. The number of carbonyl (C=O) groups is 1. The van der Waals surface area contributed by atoms with E-state index >= 15 is 0 Å². The highest BCUT2D eigenvalue weighted by Crippen LogP contribution is 2.17. The number of esters is 1. The smallest absolute Gasteiger partial charge is 0.308 e. The summed E-state index contributed by atoms with van der Waals surface area (Å²) in [5.74, 6) is -0.570. The van der Waals surface area contributed by atoms with Gasteiger partial charge in [-0.1, -0.05) is 0 Å². The molecule has 0 bridgehead atoms. The maximum absolute atomic E-state index is 10.9. The van der Waals surface area contributed by atoms with Crippen molar-refractivity contribution in [3.63, 3.8) is 0 Å². The van der Waals surface area contributed by atoms with Crippen LogP contribution in [0.15, 0.2) is 18.3 Å². The van der Waals surface area contributed by atoms with Gasteiger partial charge >= 0.3 is 5.97 Å². The minimum absolute atomic E-state index is 0.257. The highest BCUT2D eigenvalue weighted by molar-refractivity contribution is 5.69. The molecule has 16 heavy (non-hydrogen) atoms. The van der Waals surface area contributed by atoms with Crippen LogP contribution >= 0.6 is 0 Å². The normalized spacial score (nSPS) is 14.2. The molecule has 0 aliphatic heterocycles. The average molecular weight is 225 g/mol. The lowest BCUT2D eigenvalue weighted by Gasteiger charge is -2.16. The lowest BCUT2D eigenvalue weighted by molar-refractivity contribution is -0.144. The molecule has 0 fully saturated rings. The Kier molecular flexibility index (Phi) is 4.39. The number of methoxy groups -OCH3 is 1. The number of nitrogens with zero attached hydrogens (tertiary/aromatic N) is 1. The summed E-state index contributed by atoms with van der Waals surface area (Å²) in [7, 11) is 1.23. The summed E-state index contributed by atoms with van der Waals surface area (Å²) in [5.41, 5.74) is 1.27. The highest BCUT2D eigenvalue weighted by atomic mass is 16.5. The number of hydrogen-bond donors (Lipinski definition) is 2. The molecule has 88 valence electrons. The molecule has 0 radical (unpaired) electrons. The number of aromatic nitrogens is 1. The molecule has 2 unspecified atom stereocenters. The van der Waals surface area contributed by atoms with Crippen LogP contribution in [0.5, 0.6) is 0 Å². The van der Waals surface area contributed by atoms with E-state index in [1.165, 1.54) is 7.11 Å². The lowest BCUT2D eigenvalue weighted by atomic mass is 10.1. The van der Waals surface area contributed by atoms with E-state index in [4.69, 9.17) is 0 Å². The fourth-order valence-corrected chi connectivity index (χ4v) is 1.28. The first-order chi connectivity index (χ1) is 7.54. The van der Waals surface area contributed by atoms with E-state index in [-0.39, 0.29) is 6.42 Å². The van der Waals surface area contributed by atoms with E-state index in [1.54, 1.807) is 18.3 Å². The molecule has 0 aliphatic rings. The second kappa shape index (κ2) is 5.58. The van der Waals surface area contributed by atoms with E-state index in [0.29, 0.717) is 5.69 Å². The fourth-order valence-electron chi connectivity index (χ4n) is 1.28. The summed E-state index contributed by atoms with van der Waals surface area (Å²) in [6, 6.07) is 3.44. The summed E-state index contributed by atoms with van der Waals surface area (Å²) in [6.45, 7) is 1.85. The number of aryl methyl sites for hydroxylation is 1. The molecule has 0 saturated carbocycles. The molecule has 1 rings (SSSR count). The molecular weight excluding hydrogens is 210 g/mol. The van der Waals surface area contributed by atoms with E-state index < -0.39 is 18.2 Å². The average Bonchev–Trinajstić information content (AvgIpc) is 2.27. The summed E-state index contributed by atoms with van der Waals surface area (Å²) in [4.78, 5) is 14.8. The van der Waals surface area contributed by atoms with Crippen LogP contribution in [0.4, 0.5) is 0 Å². The van der Waals surface area contributed by atoms with Gasteiger partial charge in [0.1, 0.15) is 6.10 Å². The van der Waals surface area contributed by atoms with Gasteiger partial charge in [0.2, 0.25) is 0 Å². The van der Waals surface area contributed by atoms with Gasteiger partial charge in [-0.3, -0.25) is 9.78 Å². The van der Waals surface area contributed by atoms with Crippen LogP contribution in [-0.4, -0.2) is 34.4 Å². The zero-order valence-electron chi connectivity index (χ0n) is 9.25. The first-order valence-corrected chi connectivity index (χ1v) is 4.90. The van der Waals surface area contributed by atoms with Crippen LogP contribution in [-0.2, 0) is 9.53 Å². The Morgan fingerprint density at radius 2 is 2.25 bits per heavy atom. The Balaban J connectivity index is 2.70. The number of carbonyl (C=O) groups excluding carboxylic acids is 1. The van der Waals surface area contributed by atoms with Crippen LogP contribution in [0.2, 0.25) is 0 Å². The third-order valence-corrected chi connectivity index (χ3v) is 2.21. The summed E-state index contributed by atoms with van der Waals surface area (Å²) in [6.07, 6.45) is -1.10. The van der Waals surface area contributed by atoms with Crippen LogP contribution in [0.1, 0.15) is 23.8 Å². The molecule has 0 aliphatic carbocycles. The SMILES string of the molecule is COC(=O)CC(O)C(O)c1cc(C)ccn1. The summed E-state index contributed by atoms with van der Waals surface area (Å²) < 4.78 is 4.40. The van der Waals surface area contributed by atoms with Gasteiger partial charge in [0.15, 0.2) is 0 Å². The molecule has 0 aromatic carbocycles. The maximum atomic E-state index is 10.9. The summed E-state index contributed by atoms with van der Waals surface area (Å²) in [5, 5.41) is 19.3. The minimum atomic E-state index is -1.21. The van der Waals surface area contributed by atoms with E-state index in [0.717, 1.165) is 5.56 Å². The molecule has 0 spiro atoms. The standard InChI is InChI=1S/C11H15NO4/c1-7-3-4-12-8(5-7)11(15)9(13)6-10(14)16-2/h3-5,9,11,13,15H,6H2,1-2H3.